The van der Waals surface area contributed by atoms with Gasteiger partial charge >= 0.3 is 6.03 Å². The van der Waals surface area contributed by atoms with Crippen molar-refractivity contribution in [3.05, 3.63) is 42.6 Å². The van der Waals surface area contributed by atoms with Crippen molar-refractivity contribution >= 4 is 17.5 Å². The van der Waals surface area contributed by atoms with Gasteiger partial charge in [-0.3, -0.25) is 19.8 Å². The summed E-state index contributed by atoms with van der Waals surface area (Å²) < 4.78 is 0. The predicted molar refractivity (Wildman–Crippen MR) is 88.3 cm³/mol. The Morgan fingerprint density at radius 3 is 2.88 bits per heavy atom. The van der Waals surface area contributed by atoms with Crippen LogP contribution in [0.4, 0.5) is 4.79 Å². The third-order valence-electron chi connectivity index (χ3n) is 4.27. The summed E-state index contributed by atoms with van der Waals surface area (Å²) in [5.74, 6) is -0.0848. The molecule has 0 unspecified atom stereocenters. The molecule has 0 bridgehead atoms. The molecule has 0 aliphatic carbocycles. The fraction of sp³-hybridized carbons (Fsp3) is 0.375. The van der Waals surface area contributed by atoms with Gasteiger partial charge in [-0.25, -0.2) is 9.80 Å². The maximum Gasteiger partial charge on any atom is 0.336 e. The lowest BCUT2D eigenvalue weighted by Gasteiger charge is -2.47. The van der Waals surface area contributed by atoms with Gasteiger partial charge in [0.15, 0.2) is 0 Å². The van der Waals surface area contributed by atoms with Crippen LogP contribution >= 0.6 is 0 Å². The molecule has 24 heavy (non-hydrogen) atoms. The first kappa shape index (κ1) is 16.1. The van der Waals surface area contributed by atoms with E-state index in [4.69, 9.17) is 0 Å². The first-order chi connectivity index (χ1) is 11.5. The van der Waals surface area contributed by atoms with Crippen molar-refractivity contribution in [2.45, 2.75) is 13.0 Å². The largest absolute Gasteiger partial charge is 0.336 e. The highest BCUT2D eigenvalue weighted by atomic mass is 16.2. The normalized spacial score (nSPS) is 18.1. The van der Waals surface area contributed by atoms with E-state index in [1.807, 2.05) is 19.0 Å². The number of nitrogens with zero attached hydrogens (tertiary/aromatic N) is 5. The van der Waals surface area contributed by atoms with Gasteiger partial charge in [0.2, 0.25) is 5.91 Å². The first-order valence-corrected chi connectivity index (χ1v) is 7.69. The zero-order chi connectivity index (χ0) is 17.3. The van der Waals surface area contributed by atoms with Crippen LogP contribution in [0.5, 0.6) is 0 Å². The first-order valence-electron chi connectivity index (χ1n) is 7.69. The maximum atomic E-state index is 12.2. The lowest BCUT2D eigenvalue weighted by molar-refractivity contribution is -0.137. The Hall–Kier alpha value is -2.74. The van der Waals surface area contributed by atoms with Gasteiger partial charge in [-0.1, -0.05) is 6.58 Å². The second-order valence-electron chi connectivity index (χ2n) is 5.90. The number of aryl methyl sites for hydroxylation is 1. The minimum Gasteiger partial charge on any atom is -0.336 e. The van der Waals surface area contributed by atoms with Gasteiger partial charge in [-0.15, -0.1) is 0 Å². The Morgan fingerprint density at radius 2 is 2.21 bits per heavy atom. The molecule has 8 nitrogen and oxygen atoms in total. The molecular formula is C16H20N6O2. The quantitative estimate of drug-likeness (QED) is 0.809. The molecule has 0 atom stereocenters. The second-order valence-corrected chi connectivity index (χ2v) is 5.90. The Kier molecular flexibility index (Phi) is 4.30. The zero-order valence-corrected chi connectivity index (χ0v) is 13.8. The van der Waals surface area contributed by atoms with Crippen LogP contribution in [-0.4, -0.2) is 69.5 Å². The van der Waals surface area contributed by atoms with Crippen LogP contribution in [0.3, 0.4) is 0 Å². The van der Waals surface area contributed by atoms with Crippen molar-refractivity contribution in [2.24, 2.45) is 0 Å². The van der Waals surface area contributed by atoms with E-state index < -0.39 is 0 Å². The van der Waals surface area contributed by atoms with E-state index in [0.29, 0.717) is 19.6 Å². The van der Waals surface area contributed by atoms with E-state index in [1.54, 1.807) is 28.5 Å². The van der Waals surface area contributed by atoms with Crippen molar-refractivity contribution in [2.75, 3.05) is 26.7 Å². The number of rotatable bonds is 4. The van der Waals surface area contributed by atoms with Gasteiger partial charge in [0.25, 0.3) is 0 Å². The number of urea groups is 1. The average molecular weight is 328 g/mol. The number of likely N-dealkylation sites (tertiary alicyclic amines) is 1. The highest BCUT2D eigenvalue weighted by Gasteiger charge is 2.37. The van der Waals surface area contributed by atoms with Gasteiger partial charge in [-0.05, 0) is 13.0 Å². The van der Waals surface area contributed by atoms with Crippen molar-refractivity contribution in [3.63, 3.8) is 0 Å². The lowest BCUT2D eigenvalue weighted by atomic mass is 10.1. The van der Waals surface area contributed by atoms with Gasteiger partial charge in [0.1, 0.15) is 0 Å². The summed E-state index contributed by atoms with van der Waals surface area (Å²) >= 11 is 0. The monoisotopic (exact) mass is 328 g/mol. The molecule has 0 radical (unpaired) electrons. The summed E-state index contributed by atoms with van der Waals surface area (Å²) in [7, 11) is 1.85. The molecule has 3 heterocycles. The molecule has 2 aliphatic heterocycles. The Bertz CT molecular complexity index is 710. The number of hydrogen-bond acceptors (Lipinski definition) is 5. The fourth-order valence-electron chi connectivity index (χ4n) is 2.73. The molecule has 1 aromatic rings. The Morgan fingerprint density at radius 1 is 1.46 bits per heavy atom. The zero-order valence-electron chi connectivity index (χ0n) is 13.8. The predicted octanol–water partition coefficient (Wildman–Crippen LogP) is 0.395. The summed E-state index contributed by atoms with van der Waals surface area (Å²) in [4.78, 5) is 34.0. The van der Waals surface area contributed by atoms with E-state index in [2.05, 4.69) is 21.9 Å². The molecular weight excluding hydrogens is 308 g/mol. The van der Waals surface area contributed by atoms with Crippen LogP contribution in [-0.2, 0) is 4.79 Å². The smallest absolute Gasteiger partial charge is 0.336 e. The number of carbonyl (C=O) groups excluding carboxylic acids is 2. The molecule has 0 aromatic carbocycles. The van der Waals surface area contributed by atoms with Crippen molar-refractivity contribution in [3.8, 4) is 0 Å². The number of hydrogen-bond donors (Lipinski definition) is 1. The number of nitrogens with one attached hydrogen (secondary N) is 1. The standard InChI is InChI=1S/C16H20N6O2/c1-4-15(23)21-9-13(10-21)20(3)22-8-12(6-18-16(22)24)14-7-17-5-11(2)19-14/h4-7,13H,1,8-10H2,2-3H3,(H,18,24). The SMILES string of the molecule is C=CC(=O)N1CC(N(C)N2CC(c3cncc(C)n3)=CNC2=O)C1. The summed E-state index contributed by atoms with van der Waals surface area (Å²) in [5.41, 5.74) is 2.45. The molecule has 0 saturated carbocycles. The summed E-state index contributed by atoms with van der Waals surface area (Å²) in [6, 6.07) is -0.0991. The van der Waals surface area contributed by atoms with Crippen LogP contribution in [0.1, 0.15) is 11.4 Å². The lowest BCUT2D eigenvalue weighted by Crippen LogP contribution is -2.65. The second kappa shape index (κ2) is 6.40. The molecule has 3 rings (SSSR count). The van der Waals surface area contributed by atoms with Crippen molar-refractivity contribution in [1.82, 2.24) is 30.2 Å². The van der Waals surface area contributed by atoms with Gasteiger partial charge in [0.05, 0.1) is 30.2 Å². The third-order valence-corrected chi connectivity index (χ3v) is 4.27. The van der Waals surface area contributed by atoms with Crippen molar-refractivity contribution < 1.29 is 9.59 Å². The van der Waals surface area contributed by atoms with Crippen LogP contribution in [0.15, 0.2) is 31.2 Å². The Balaban J connectivity index is 1.68. The van der Waals surface area contributed by atoms with E-state index in [0.717, 1.165) is 17.0 Å². The molecule has 1 fully saturated rings. The van der Waals surface area contributed by atoms with E-state index >= 15 is 0 Å². The Labute approximate surface area is 140 Å². The number of likely N-dealkylation sites (N-methyl/N-ethyl adjacent to an activating group) is 1. The highest BCUT2D eigenvalue weighted by molar-refractivity contribution is 5.87. The molecule has 3 amide bonds. The van der Waals surface area contributed by atoms with Crippen LogP contribution < -0.4 is 5.32 Å². The van der Waals surface area contributed by atoms with Gasteiger partial charge in [-0.2, -0.15) is 0 Å². The average Bonchev–Trinajstić information content (AvgIpc) is 2.53. The molecule has 126 valence electrons. The van der Waals surface area contributed by atoms with Gasteiger partial charge in [0, 0.05) is 38.1 Å². The van der Waals surface area contributed by atoms with Gasteiger partial charge < -0.3 is 10.2 Å². The topological polar surface area (TPSA) is 81.7 Å². The molecule has 1 aromatic heterocycles. The van der Waals surface area contributed by atoms with Crippen LogP contribution in [0.25, 0.3) is 5.57 Å². The van der Waals surface area contributed by atoms with Crippen molar-refractivity contribution in [1.29, 1.82) is 0 Å². The van der Waals surface area contributed by atoms with Crippen LogP contribution in [0, 0.1) is 6.92 Å². The van der Waals surface area contributed by atoms with E-state index in [-0.39, 0.29) is 18.0 Å². The molecule has 0 spiro atoms. The third kappa shape index (κ3) is 3.00. The molecule has 8 heteroatoms. The maximum absolute atomic E-state index is 12.2. The molecule has 1 N–H and O–H groups in total. The summed E-state index contributed by atoms with van der Waals surface area (Å²) in [6.45, 7) is 6.93. The minimum atomic E-state index is -0.199. The minimum absolute atomic E-state index is 0.0848. The van der Waals surface area contributed by atoms with Crippen LogP contribution in [0.2, 0.25) is 0 Å². The number of carbonyl (C=O) groups is 2. The molecule has 2 aliphatic rings. The number of amides is 3. The highest BCUT2D eigenvalue weighted by Crippen LogP contribution is 2.21. The van der Waals surface area contributed by atoms with E-state index in [9.17, 15) is 9.59 Å². The van der Waals surface area contributed by atoms with E-state index in [1.165, 1.54) is 6.08 Å². The number of aromatic nitrogens is 2. The fourth-order valence-corrected chi connectivity index (χ4v) is 2.73. The number of hydrazine groups is 1. The summed E-state index contributed by atoms with van der Waals surface area (Å²) in [5, 5.41) is 6.25. The molecule has 1 saturated heterocycles. The summed E-state index contributed by atoms with van der Waals surface area (Å²) in [6.07, 6.45) is 6.35.